The number of hydrogen-bond donors (Lipinski definition) is 2. The van der Waals surface area contributed by atoms with Gasteiger partial charge in [-0.15, -0.1) is 0 Å². The number of likely N-dealkylation sites (tertiary alicyclic amines) is 1. The molecule has 2 atom stereocenters. The highest BCUT2D eigenvalue weighted by atomic mass is 32.1. The van der Waals surface area contributed by atoms with Crippen LogP contribution in [-0.2, 0) is 16.1 Å². The molecule has 1 aromatic carbocycles. The Morgan fingerprint density at radius 2 is 2.14 bits per heavy atom. The molecule has 1 amide bonds. The Labute approximate surface area is 126 Å². The van der Waals surface area contributed by atoms with E-state index in [-0.39, 0.29) is 5.91 Å². The number of hydrogen-bond acceptors (Lipinski definition) is 5. The van der Waals surface area contributed by atoms with Gasteiger partial charge in [-0.25, -0.2) is 0 Å². The molecule has 2 N–H and O–H groups in total. The summed E-state index contributed by atoms with van der Waals surface area (Å²) in [4.78, 5) is 14.5. The van der Waals surface area contributed by atoms with E-state index >= 15 is 0 Å². The fourth-order valence-electron chi connectivity index (χ4n) is 3.38. The zero-order valence-electron chi connectivity index (χ0n) is 11.6. The number of nitrogens with one attached hydrogen (secondary N) is 2. The third-order valence-corrected chi connectivity index (χ3v) is 4.94. The molecular formula is C14H17N5OS. The normalized spacial score (nSPS) is 26.5. The first-order chi connectivity index (χ1) is 10.3. The molecule has 21 heavy (non-hydrogen) atoms. The molecule has 0 aliphatic carbocycles. The average Bonchev–Trinajstić information content (AvgIpc) is 3.12. The molecule has 110 valence electrons. The molecule has 4 rings (SSSR count). The van der Waals surface area contributed by atoms with E-state index in [4.69, 9.17) is 0 Å². The van der Waals surface area contributed by atoms with Crippen LogP contribution in [0.2, 0.25) is 0 Å². The van der Waals surface area contributed by atoms with Crippen molar-refractivity contribution in [3.05, 3.63) is 18.2 Å². The zero-order valence-corrected chi connectivity index (χ0v) is 12.4. The Balaban J connectivity index is 1.39. The van der Waals surface area contributed by atoms with Gasteiger partial charge in [0.25, 0.3) is 0 Å². The van der Waals surface area contributed by atoms with Gasteiger partial charge in [0.1, 0.15) is 11.4 Å². The van der Waals surface area contributed by atoms with E-state index in [0.717, 1.165) is 43.2 Å². The van der Waals surface area contributed by atoms with E-state index in [2.05, 4.69) is 24.3 Å². The molecule has 3 aliphatic heterocycles. The Hall–Kier alpha value is -1.57. The molecule has 2 fully saturated rings. The van der Waals surface area contributed by atoms with Crippen molar-refractivity contribution in [1.82, 2.24) is 10.2 Å². The van der Waals surface area contributed by atoms with Gasteiger partial charge in [0.2, 0.25) is 5.91 Å². The molecule has 3 aliphatic rings. The number of rotatable bonds is 3. The molecule has 0 bridgehead atoms. The highest BCUT2D eigenvalue weighted by Crippen LogP contribution is 2.38. The Kier molecular flexibility index (Phi) is 3.33. The second-order valence-corrected chi connectivity index (χ2v) is 6.39. The molecule has 2 saturated heterocycles. The van der Waals surface area contributed by atoms with E-state index in [1.54, 1.807) is 0 Å². The summed E-state index contributed by atoms with van der Waals surface area (Å²) >= 11 is 1.17. The molecule has 1 aromatic rings. The summed E-state index contributed by atoms with van der Waals surface area (Å²) in [7, 11) is 0. The fraction of sp³-hybridized carbons (Fsp3) is 0.500. The maximum absolute atomic E-state index is 12.2. The van der Waals surface area contributed by atoms with Crippen LogP contribution in [0.15, 0.2) is 26.9 Å². The minimum Gasteiger partial charge on any atom is -0.323 e. The van der Waals surface area contributed by atoms with Gasteiger partial charge in [0.15, 0.2) is 0 Å². The zero-order chi connectivity index (χ0) is 14.2. The van der Waals surface area contributed by atoms with Crippen molar-refractivity contribution in [2.75, 3.05) is 38.0 Å². The number of carbonyl (C=O) groups is 1. The van der Waals surface area contributed by atoms with Crippen LogP contribution in [-0.4, -0.2) is 43.5 Å². The summed E-state index contributed by atoms with van der Waals surface area (Å²) in [5.74, 6) is 1.45. The van der Waals surface area contributed by atoms with Crippen molar-refractivity contribution in [2.45, 2.75) is 0 Å². The lowest BCUT2D eigenvalue weighted by Gasteiger charge is -2.16. The standard InChI is InChI=1S/C14H17N5OS/c20-13(8-19-6-9-4-15-5-10(9)7-19)16-11-2-1-3-12-14(11)18-21-17-12/h1-3,9-10,15H,4-8H2,(H,16,20)/t9-,10+. The lowest BCUT2D eigenvalue weighted by Crippen LogP contribution is -2.33. The third-order valence-electron chi connectivity index (χ3n) is 4.39. The summed E-state index contributed by atoms with van der Waals surface area (Å²) in [6.07, 6.45) is 0. The Bertz CT molecular complexity index is 643. The number of amides is 1. The highest BCUT2D eigenvalue weighted by molar-refractivity contribution is 7.58. The van der Waals surface area contributed by atoms with Crippen molar-refractivity contribution in [3.8, 4) is 0 Å². The van der Waals surface area contributed by atoms with Crippen LogP contribution in [0, 0.1) is 11.8 Å². The molecule has 0 radical (unpaired) electrons. The van der Waals surface area contributed by atoms with Crippen molar-refractivity contribution < 1.29 is 4.79 Å². The highest BCUT2D eigenvalue weighted by Gasteiger charge is 2.36. The largest absolute Gasteiger partial charge is 0.323 e. The average molecular weight is 303 g/mol. The lowest BCUT2D eigenvalue weighted by atomic mass is 10.0. The molecule has 0 saturated carbocycles. The van der Waals surface area contributed by atoms with E-state index in [0.29, 0.717) is 18.4 Å². The number of carbonyl (C=O) groups excluding carboxylic acids is 1. The van der Waals surface area contributed by atoms with Crippen molar-refractivity contribution in [3.63, 3.8) is 0 Å². The van der Waals surface area contributed by atoms with Gasteiger partial charge in [-0.1, -0.05) is 6.07 Å². The van der Waals surface area contributed by atoms with Gasteiger partial charge < -0.3 is 10.6 Å². The number of benzene rings is 1. The van der Waals surface area contributed by atoms with Gasteiger partial charge in [-0.3, -0.25) is 9.69 Å². The van der Waals surface area contributed by atoms with Gasteiger partial charge >= 0.3 is 0 Å². The van der Waals surface area contributed by atoms with Crippen LogP contribution in [0.5, 0.6) is 0 Å². The minimum absolute atomic E-state index is 0.0310. The van der Waals surface area contributed by atoms with Crippen LogP contribution in [0.4, 0.5) is 17.1 Å². The second-order valence-electron chi connectivity index (χ2n) is 5.86. The van der Waals surface area contributed by atoms with Crippen LogP contribution in [0.25, 0.3) is 0 Å². The smallest absolute Gasteiger partial charge is 0.238 e. The maximum atomic E-state index is 12.2. The van der Waals surface area contributed by atoms with Gasteiger partial charge in [-0.2, -0.15) is 8.73 Å². The van der Waals surface area contributed by atoms with Crippen molar-refractivity contribution in [2.24, 2.45) is 20.6 Å². The monoisotopic (exact) mass is 303 g/mol. The van der Waals surface area contributed by atoms with Crippen LogP contribution < -0.4 is 10.6 Å². The van der Waals surface area contributed by atoms with E-state index < -0.39 is 0 Å². The maximum Gasteiger partial charge on any atom is 0.238 e. The Morgan fingerprint density at radius 3 is 2.95 bits per heavy atom. The van der Waals surface area contributed by atoms with Crippen LogP contribution in [0.3, 0.4) is 0 Å². The number of anilines is 1. The first-order valence-electron chi connectivity index (χ1n) is 7.24. The topological polar surface area (TPSA) is 69.1 Å². The van der Waals surface area contributed by atoms with Crippen molar-refractivity contribution >= 4 is 34.3 Å². The van der Waals surface area contributed by atoms with Gasteiger partial charge in [-0.05, 0) is 37.1 Å². The second kappa shape index (κ2) is 5.32. The van der Waals surface area contributed by atoms with E-state index in [1.165, 1.54) is 11.4 Å². The summed E-state index contributed by atoms with van der Waals surface area (Å²) < 4.78 is 8.43. The molecule has 3 heterocycles. The van der Waals surface area contributed by atoms with Gasteiger partial charge in [0.05, 0.1) is 23.6 Å². The van der Waals surface area contributed by atoms with Crippen LogP contribution in [0.1, 0.15) is 0 Å². The Morgan fingerprint density at radius 1 is 1.33 bits per heavy atom. The van der Waals surface area contributed by atoms with Crippen molar-refractivity contribution in [1.29, 1.82) is 0 Å². The third kappa shape index (κ3) is 2.52. The SMILES string of the molecule is O=C(CN1C[C@H]2CNC[C@H]2C1)Nc1cccc2c1N=S=N2. The molecule has 0 aromatic heterocycles. The summed E-state index contributed by atoms with van der Waals surface area (Å²) in [6, 6.07) is 5.68. The molecule has 7 heteroatoms. The number of nitrogens with zero attached hydrogens (tertiary/aromatic N) is 3. The van der Waals surface area contributed by atoms with E-state index in [1.807, 2.05) is 18.2 Å². The minimum atomic E-state index is 0.0310. The molecular weight excluding hydrogens is 286 g/mol. The summed E-state index contributed by atoms with van der Waals surface area (Å²) in [6.45, 7) is 4.68. The summed E-state index contributed by atoms with van der Waals surface area (Å²) in [5.41, 5.74) is 2.37. The summed E-state index contributed by atoms with van der Waals surface area (Å²) in [5, 5.41) is 6.39. The first kappa shape index (κ1) is 13.1. The van der Waals surface area contributed by atoms with E-state index in [9.17, 15) is 4.79 Å². The predicted molar refractivity (Wildman–Crippen MR) is 82.9 cm³/mol. The quantitative estimate of drug-likeness (QED) is 0.903. The first-order valence-corrected chi connectivity index (χ1v) is 7.97. The number of fused-ring (bicyclic) bond motifs is 2. The molecule has 0 spiro atoms. The van der Waals surface area contributed by atoms with Gasteiger partial charge in [0, 0.05) is 13.1 Å². The molecule has 0 unspecified atom stereocenters. The lowest BCUT2D eigenvalue weighted by molar-refractivity contribution is -0.117. The molecule has 6 nitrogen and oxygen atoms in total. The van der Waals surface area contributed by atoms with Crippen LogP contribution >= 0.6 is 0 Å². The fourth-order valence-corrected chi connectivity index (χ4v) is 3.93. The predicted octanol–water partition coefficient (Wildman–Crippen LogP) is 1.50.